The fraction of sp³-hybridized carbons (Fsp3) is 0.444. The molecule has 0 bridgehead atoms. The highest BCUT2D eigenvalue weighted by atomic mass is 32.1. The molecule has 0 aliphatic carbocycles. The zero-order valence-electron chi connectivity index (χ0n) is 15.1. The number of likely N-dealkylation sites (tertiary alicyclic amines) is 1. The standard InChI is InChI=1S/C18H23N7S/c1-13-10-21-18(26-13)23-17-16(19-7-8-20-17)14-4-3-9-25(11-14)12-15-5-6-22-24(15)2/h5-8,10,14H,3-4,9,11-12H2,1-2H3,(H,20,21,23)/t14-/m0/s1. The van der Waals surface area contributed by atoms with Gasteiger partial charge in [0.1, 0.15) is 0 Å². The van der Waals surface area contributed by atoms with E-state index >= 15 is 0 Å². The van der Waals surface area contributed by atoms with E-state index in [1.54, 1.807) is 23.7 Å². The molecule has 1 saturated heterocycles. The van der Waals surface area contributed by atoms with E-state index in [2.05, 4.69) is 43.3 Å². The number of aryl methyl sites for hydroxylation is 2. The van der Waals surface area contributed by atoms with Crippen LogP contribution in [0.3, 0.4) is 0 Å². The number of hydrogen-bond acceptors (Lipinski definition) is 7. The van der Waals surface area contributed by atoms with E-state index < -0.39 is 0 Å². The van der Waals surface area contributed by atoms with Crippen LogP contribution in [0.15, 0.2) is 30.9 Å². The zero-order chi connectivity index (χ0) is 17.9. The summed E-state index contributed by atoms with van der Waals surface area (Å²) in [5, 5.41) is 8.50. The Labute approximate surface area is 157 Å². The monoisotopic (exact) mass is 369 g/mol. The minimum Gasteiger partial charge on any atom is -0.315 e. The molecule has 0 amide bonds. The third kappa shape index (κ3) is 3.76. The van der Waals surface area contributed by atoms with Gasteiger partial charge in [-0.25, -0.2) is 9.97 Å². The molecule has 3 aromatic heterocycles. The van der Waals surface area contributed by atoms with Crippen molar-refractivity contribution in [3.05, 3.63) is 47.1 Å². The van der Waals surface area contributed by atoms with E-state index in [-0.39, 0.29) is 0 Å². The van der Waals surface area contributed by atoms with Crippen LogP contribution in [0.25, 0.3) is 0 Å². The third-order valence-corrected chi connectivity index (χ3v) is 5.60. The van der Waals surface area contributed by atoms with Gasteiger partial charge in [-0.2, -0.15) is 5.10 Å². The van der Waals surface area contributed by atoms with E-state index in [4.69, 9.17) is 0 Å². The number of nitrogens with one attached hydrogen (secondary N) is 1. The number of nitrogens with zero attached hydrogens (tertiary/aromatic N) is 6. The third-order valence-electron chi connectivity index (χ3n) is 4.77. The van der Waals surface area contributed by atoms with Gasteiger partial charge in [-0.3, -0.25) is 14.6 Å². The van der Waals surface area contributed by atoms with E-state index in [1.807, 2.05) is 24.1 Å². The van der Waals surface area contributed by atoms with Gasteiger partial charge in [0, 0.05) is 55.7 Å². The Balaban J connectivity index is 1.50. The Morgan fingerprint density at radius 3 is 2.88 bits per heavy atom. The normalized spacial score (nSPS) is 18.2. The lowest BCUT2D eigenvalue weighted by Gasteiger charge is -2.32. The summed E-state index contributed by atoms with van der Waals surface area (Å²) in [4.78, 5) is 17.2. The quantitative estimate of drug-likeness (QED) is 0.745. The minimum atomic E-state index is 0.370. The second-order valence-corrected chi connectivity index (χ2v) is 7.95. The molecule has 7 nitrogen and oxygen atoms in total. The summed E-state index contributed by atoms with van der Waals surface area (Å²) in [6, 6.07) is 2.09. The number of thiazole rings is 1. The first-order valence-electron chi connectivity index (χ1n) is 8.88. The average Bonchev–Trinajstić information content (AvgIpc) is 3.24. The van der Waals surface area contributed by atoms with Gasteiger partial charge < -0.3 is 5.32 Å². The lowest BCUT2D eigenvalue weighted by molar-refractivity contribution is 0.194. The number of piperidine rings is 1. The van der Waals surface area contributed by atoms with Crippen molar-refractivity contribution in [3.8, 4) is 0 Å². The lowest BCUT2D eigenvalue weighted by Crippen LogP contribution is -2.35. The van der Waals surface area contributed by atoms with Crippen molar-refractivity contribution in [2.75, 3.05) is 18.4 Å². The van der Waals surface area contributed by atoms with Crippen molar-refractivity contribution in [1.29, 1.82) is 0 Å². The fourth-order valence-electron chi connectivity index (χ4n) is 3.47. The molecule has 1 aliphatic heterocycles. The van der Waals surface area contributed by atoms with Crippen molar-refractivity contribution >= 4 is 22.3 Å². The predicted molar refractivity (Wildman–Crippen MR) is 103 cm³/mol. The van der Waals surface area contributed by atoms with Crippen LogP contribution in [0, 0.1) is 6.92 Å². The van der Waals surface area contributed by atoms with Crippen molar-refractivity contribution in [1.82, 2.24) is 29.6 Å². The summed E-state index contributed by atoms with van der Waals surface area (Å²) in [5.74, 6) is 1.20. The van der Waals surface area contributed by atoms with Crippen LogP contribution < -0.4 is 5.32 Å². The molecule has 8 heteroatoms. The fourth-order valence-corrected chi connectivity index (χ4v) is 4.13. The maximum Gasteiger partial charge on any atom is 0.188 e. The van der Waals surface area contributed by atoms with Gasteiger partial charge in [-0.15, -0.1) is 11.3 Å². The zero-order valence-corrected chi connectivity index (χ0v) is 15.9. The van der Waals surface area contributed by atoms with Crippen molar-refractivity contribution in [3.63, 3.8) is 0 Å². The van der Waals surface area contributed by atoms with E-state index in [0.29, 0.717) is 5.92 Å². The summed E-state index contributed by atoms with van der Waals surface area (Å²) in [6.45, 7) is 5.06. The lowest BCUT2D eigenvalue weighted by atomic mass is 9.94. The molecule has 1 N–H and O–H groups in total. The first kappa shape index (κ1) is 17.1. The van der Waals surface area contributed by atoms with Gasteiger partial charge in [-0.1, -0.05) is 0 Å². The number of rotatable bonds is 5. The molecule has 0 saturated carbocycles. The molecule has 0 radical (unpaired) electrons. The highest BCUT2D eigenvalue weighted by Gasteiger charge is 2.25. The van der Waals surface area contributed by atoms with Crippen molar-refractivity contribution in [2.45, 2.75) is 32.2 Å². The highest BCUT2D eigenvalue weighted by molar-refractivity contribution is 7.15. The SMILES string of the molecule is Cc1cnc(Nc2nccnc2[C@H]2CCCN(Cc3ccnn3C)C2)s1. The van der Waals surface area contributed by atoms with Gasteiger partial charge >= 0.3 is 0 Å². The number of anilines is 2. The molecule has 0 spiro atoms. The van der Waals surface area contributed by atoms with Crippen LogP contribution in [-0.2, 0) is 13.6 Å². The second-order valence-electron chi connectivity index (χ2n) is 6.71. The van der Waals surface area contributed by atoms with Gasteiger partial charge in [0.15, 0.2) is 10.9 Å². The maximum atomic E-state index is 4.66. The highest BCUT2D eigenvalue weighted by Crippen LogP contribution is 2.31. The van der Waals surface area contributed by atoms with E-state index in [0.717, 1.165) is 49.1 Å². The van der Waals surface area contributed by atoms with Crippen LogP contribution in [0.1, 0.15) is 35.0 Å². The van der Waals surface area contributed by atoms with Crippen molar-refractivity contribution < 1.29 is 0 Å². The molecule has 4 rings (SSSR count). The van der Waals surface area contributed by atoms with Crippen LogP contribution in [0.5, 0.6) is 0 Å². The average molecular weight is 369 g/mol. The Hall–Kier alpha value is -2.32. The Bertz CT molecular complexity index is 872. The topological polar surface area (TPSA) is 71.8 Å². The second kappa shape index (κ2) is 7.51. The van der Waals surface area contributed by atoms with Gasteiger partial charge in [0.25, 0.3) is 0 Å². The minimum absolute atomic E-state index is 0.370. The molecule has 0 aromatic carbocycles. The Morgan fingerprint density at radius 2 is 2.12 bits per heavy atom. The van der Waals surface area contributed by atoms with Gasteiger partial charge in [0.2, 0.25) is 0 Å². The van der Waals surface area contributed by atoms with Crippen molar-refractivity contribution in [2.24, 2.45) is 7.05 Å². The number of hydrogen-bond donors (Lipinski definition) is 1. The maximum absolute atomic E-state index is 4.66. The largest absolute Gasteiger partial charge is 0.315 e. The van der Waals surface area contributed by atoms with E-state index in [9.17, 15) is 0 Å². The Kier molecular flexibility index (Phi) is 4.94. The van der Waals surface area contributed by atoms with Crippen LogP contribution >= 0.6 is 11.3 Å². The van der Waals surface area contributed by atoms with Crippen LogP contribution in [-0.4, -0.2) is 42.7 Å². The summed E-state index contributed by atoms with van der Waals surface area (Å²) >= 11 is 1.63. The predicted octanol–water partition coefficient (Wildman–Crippen LogP) is 3.10. The van der Waals surface area contributed by atoms with Crippen LogP contribution in [0.4, 0.5) is 10.9 Å². The smallest absolute Gasteiger partial charge is 0.188 e. The van der Waals surface area contributed by atoms with Gasteiger partial charge in [-0.05, 0) is 32.4 Å². The molecular weight excluding hydrogens is 346 g/mol. The summed E-state index contributed by atoms with van der Waals surface area (Å²) in [6.07, 6.45) is 9.55. The summed E-state index contributed by atoms with van der Waals surface area (Å²) in [5.41, 5.74) is 2.27. The summed E-state index contributed by atoms with van der Waals surface area (Å²) < 4.78 is 1.95. The first-order chi connectivity index (χ1) is 12.7. The van der Waals surface area contributed by atoms with Gasteiger partial charge in [0.05, 0.1) is 11.4 Å². The van der Waals surface area contributed by atoms with E-state index in [1.165, 1.54) is 10.6 Å². The first-order valence-corrected chi connectivity index (χ1v) is 9.70. The summed E-state index contributed by atoms with van der Waals surface area (Å²) in [7, 11) is 2.00. The molecular formula is C18H23N7S. The van der Waals surface area contributed by atoms with Crippen LogP contribution in [0.2, 0.25) is 0 Å². The molecule has 1 aliphatic rings. The molecule has 3 aromatic rings. The molecule has 0 unspecified atom stereocenters. The molecule has 4 heterocycles. The molecule has 1 atom stereocenters. The Morgan fingerprint density at radius 1 is 1.23 bits per heavy atom. The molecule has 1 fully saturated rings. The number of aromatic nitrogens is 5. The molecule has 136 valence electrons. The molecule has 26 heavy (non-hydrogen) atoms.